The third kappa shape index (κ3) is 4.91. The fourth-order valence-electron chi connectivity index (χ4n) is 1.63. The highest BCUT2D eigenvalue weighted by Crippen LogP contribution is 2.21. The highest BCUT2D eigenvalue weighted by atomic mass is 32.2. The van der Waals surface area contributed by atoms with E-state index in [0.29, 0.717) is 23.3 Å². The Balaban J connectivity index is 1.81. The van der Waals surface area contributed by atoms with Crippen LogP contribution in [0.15, 0.2) is 28.7 Å². The van der Waals surface area contributed by atoms with Crippen LogP contribution in [0.1, 0.15) is 11.8 Å². The van der Waals surface area contributed by atoms with Gasteiger partial charge in [0.2, 0.25) is 5.91 Å². The first-order chi connectivity index (χ1) is 10.0. The summed E-state index contributed by atoms with van der Waals surface area (Å²) in [5.41, 5.74) is 11.2. The van der Waals surface area contributed by atoms with Gasteiger partial charge < -0.3 is 16.8 Å². The third-order valence-electron chi connectivity index (χ3n) is 2.65. The van der Waals surface area contributed by atoms with Gasteiger partial charge in [0, 0.05) is 17.5 Å². The van der Waals surface area contributed by atoms with Crippen molar-refractivity contribution in [2.24, 2.45) is 0 Å². The topological polar surface area (TPSA) is 107 Å². The first-order valence-electron chi connectivity index (χ1n) is 6.41. The number of aromatic nitrogens is 2. The molecule has 1 amide bonds. The van der Waals surface area contributed by atoms with E-state index in [1.807, 2.05) is 11.4 Å². The zero-order valence-electron chi connectivity index (χ0n) is 11.6. The molecule has 2 rings (SSSR count). The molecule has 0 aromatic carbocycles. The molecule has 6 nitrogen and oxygen atoms in total. The molecule has 2 heterocycles. The molecule has 0 aliphatic rings. The number of thioether (sulfide) groups is 1. The van der Waals surface area contributed by atoms with Crippen LogP contribution in [0.2, 0.25) is 0 Å². The first-order valence-corrected chi connectivity index (χ1v) is 8.17. The van der Waals surface area contributed by atoms with Gasteiger partial charge in [0.05, 0.1) is 5.25 Å². The lowest BCUT2D eigenvalue weighted by molar-refractivity contribution is -0.120. The second-order valence-corrected chi connectivity index (χ2v) is 6.72. The van der Waals surface area contributed by atoms with Crippen molar-refractivity contribution in [3.05, 3.63) is 28.5 Å². The summed E-state index contributed by atoms with van der Waals surface area (Å²) in [7, 11) is 0. The van der Waals surface area contributed by atoms with Crippen molar-refractivity contribution in [3.8, 4) is 0 Å². The smallest absolute Gasteiger partial charge is 0.233 e. The second-order valence-electron chi connectivity index (χ2n) is 4.38. The highest BCUT2D eigenvalue weighted by molar-refractivity contribution is 8.00. The molecule has 5 N–H and O–H groups in total. The minimum absolute atomic E-state index is 0.0545. The quantitative estimate of drug-likeness (QED) is 0.550. The molecular weight excluding hydrogens is 306 g/mol. The molecule has 0 aliphatic heterocycles. The number of carbonyl (C=O) groups excluding carboxylic acids is 1. The predicted octanol–water partition coefficient (Wildman–Crippen LogP) is 1.54. The van der Waals surface area contributed by atoms with E-state index in [4.69, 9.17) is 11.5 Å². The lowest BCUT2D eigenvalue weighted by Gasteiger charge is -2.11. The summed E-state index contributed by atoms with van der Waals surface area (Å²) in [6.07, 6.45) is 0.836. The first kappa shape index (κ1) is 15.6. The molecule has 0 saturated heterocycles. The van der Waals surface area contributed by atoms with E-state index in [0.717, 1.165) is 6.42 Å². The number of nitrogen functional groups attached to an aromatic ring is 2. The Labute approximate surface area is 131 Å². The highest BCUT2D eigenvalue weighted by Gasteiger charge is 2.16. The summed E-state index contributed by atoms with van der Waals surface area (Å²) in [6.45, 7) is 2.41. The van der Waals surface area contributed by atoms with Crippen LogP contribution >= 0.6 is 23.1 Å². The van der Waals surface area contributed by atoms with E-state index in [1.165, 1.54) is 22.7 Å². The lowest BCUT2D eigenvalue weighted by atomic mass is 10.3. The van der Waals surface area contributed by atoms with Crippen LogP contribution in [0.5, 0.6) is 0 Å². The second kappa shape index (κ2) is 7.28. The van der Waals surface area contributed by atoms with Crippen LogP contribution in [-0.2, 0) is 11.2 Å². The molecule has 0 aliphatic carbocycles. The molecule has 2 aromatic rings. The van der Waals surface area contributed by atoms with Crippen molar-refractivity contribution in [1.29, 1.82) is 0 Å². The van der Waals surface area contributed by atoms with E-state index < -0.39 is 0 Å². The number of rotatable bonds is 6. The van der Waals surface area contributed by atoms with Crippen LogP contribution in [0.4, 0.5) is 11.6 Å². The van der Waals surface area contributed by atoms with Gasteiger partial charge >= 0.3 is 0 Å². The molecule has 21 heavy (non-hydrogen) atoms. The third-order valence-corrected chi connectivity index (χ3v) is 4.54. The summed E-state index contributed by atoms with van der Waals surface area (Å²) >= 11 is 2.92. The molecule has 0 unspecified atom stereocenters. The minimum Gasteiger partial charge on any atom is -0.383 e. The van der Waals surface area contributed by atoms with Gasteiger partial charge in [0.1, 0.15) is 11.6 Å². The Morgan fingerprint density at radius 2 is 2.14 bits per heavy atom. The summed E-state index contributed by atoms with van der Waals surface area (Å²) in [4.78, 5) is 21.3. The number of anilines is 2. The van der Waals surface area contributed by atoms with Crippen LogP contribution in [0.25, 0.3) is 0 Å². The number of thiophene rings is 1. The van der Waals surface area contributed by atoms with Gasteiger partial charge in [-0.05, 0) is 24.8 Å². The predicted molar refractivity (Wildman–Crippen MR) is 87.2 cm³/mol. The van der Waals surface area contributed by atoms with Gasteiger partial charge in [0.25, 0.3) is 0 Å². The van der Waals surface area contributed by atoms with Gasteiger partial charge in [-0.1, -0.05) is 17.8 Å². The summed E-state index contributed by atoms with van der Waals surface area (Å²) in [6, 6.07) is 5.54. The number of hydrogen-bond acceptors (Lipinski definition) is 7. The average molecular weight is 323 g/mol. The van der Waals surface area contributed by atoms with Crippen LogP contribution in [-0.4, -0.2) is 27.7 Å². The molecular formula is C13H17N5OS2. The van der Waals surface area contributed by atoms with Crippen LogP contribution in [0, 0.1) is 0 Å². The monoisotopic (exact) mass is 323 g/mol. The van der Waals surface area contributed by atoms with Gasteiger partial charge in [-0.2, -0.15) is 0 Å². The van der Waals surface area contributed by atoms with Gasteiger partial charge in [-0.3, -0.25) is 4.79 Å². The Hall–Kier alpha value is -1.80. The van der Waals surface area contributed by atoms with Crippen molar-refractivity contribution in [3.63, 3.8) is 0 Å². The fourth-order valence-corrected chi connectivity index (χ4v) is 3.17. The molecule has 1 atom stereocenters. The lowest BCUT2D eigenvalue weighted by Crippen LogP contribution is -2.32. The van der Waals surface area contributed by atoms with E-state index in [1.54, 1.807) is 18.3 Å². The van der Waals surface area contributed by atoms with Crippen molar-refractivity contribution >= 4 is 40.6 Å². The van der Waals surface area contributed by atoms with Gasteiger partial charge in [0.15, 0.2) is 5.16 Å². The van der Waals surface area contributed by atoms with E-state index in [-0.39, 0.29) is 11.2 Å². The number of nitrogens with two attached hydrogens (primary N) is 2. The van der Waals surface area contributed by atoms with E-state index >= 15 is 0 Å². The number of amides is 1. The van der Waals surface area contributed by atoms with Gasteiger partial charge in [-0.15, -0.1) is 11.3 Å². The number of hydrogen-bond donors (Lipinski definition) is 3. The zero-order chi connectivity index (χ0) is 15.2. The Kier molecular flexibility index (Phi) is 5.40. The Morgan fingerprint density at radius 1 is 1.43 bits per heavy atom. The van der Waals surface area contributed by atoms with Crippen LogP contribution < -0.4 is 16.8 Å². The SMILES string of the molecule is C[C@H](Sc1nc(N)cc(N)n1)C(=O)NCCc1cccs1. The van der Waals surface area contributed by atoms with Crippen molar-refractivity contribution < 1.29 is 4.79 Å². The minimum atomic E-state index is -0.311. The maximum atomic E-state index is 12.0. The molecule has 0 saturated carbocycles. The normalized spacial score (nSPS) is 12.0. The largest absolute Gasteiger partial charge is 0.383 e. The van der Waals surface area contributed by atoms with Crippen LogP contribution in [0.3, 0.4) is 0 Å². The average Bonchev–Trinajstić information content (AvgIpc) is 2.90. The fraction of sp³-hybridized carbons (Fsp3) is 0.308. The molecule has 8 heteroatoms. The number of carbonyl (C=O) groups is 1. The Morgan fingerprint density at radius 3 is 2.76 bits per heavy atom. The molecule has 112 valence electrons. The molecule has 0 bridgehead atoms. The maximum Gasteiger partial charge on any atom is 0.233 e. The molecule has 0 spiro atoms. The van der Waals surface area contributed by atoms with E-state index in [9.17, 15) is 4.79 Å². The summed E-state index contributed by atoms with van der Waals surface area (Å²) in [5, 5.41) is 5.02. The zero-order valence-corrected chi connectivity index (χ0v) is 13.2. The number of nitrogens with zero attached hydrogens (tertiary/aromatic N) is 2. The van der Waals surface area contributed by atoms with Crippen molar-refractivity contribution in [2.45, 2.75) is 23.8 Å². The summed E-state index contributed by atoms with van der Waals surface area (Å²) < 4.78 is 0. The standard InChI is InChI=1S/C13H17N5OS2/c1-8(21-13-17-10(14)7-11(15)18-13)12(19)16-5-4-9-3-2-6-20-9/h2-3,6-8H,4-5H2,1H3,(H,16,19)(H4,14,15,17,18)/t8-/m0/s1. The maximum absolute atomic E-state index is 12.0. The Bertz CT molecular complexity index is 582. The number of nitrogens with one attached hydrogen (secondary N) is 1. The summed E-state index contributed by atoms with van der Waals surface area (Å²) in [5.74, 6) is 0.548. The van der Waals surface area contributed by atoms with Gasteiger partial charge in [-0.25, -0.2) is 9.97 Å². The van der Waals surface area contributed by atoms with E-state index in [2.05, 4.69) is 21.4 Å². The molecule has 2 aromatic heterocycles. The van der Waals surface area contributed by atoms with Crippen molar-refractivity contribution in [2.75, 3.05) is 18.0 Å². The molecule has 0 fully saturated rings. The molecule has 0 radical (unpaired) electrons. The van der Waals surface area contributed by atoms with Crippen molar-refractivity contribution in [1.82, 2.24) is 15.3 Å².